The van der Waals surface area contributed by atoms with E-state index in [-0.39, 0.29) is 17.7 Å². The minimum Gasteiger partial charge on any atom is -0.355 e. The van der Waals surface area contributed by atoms with E-state index in [1.54, 1.807) is 0 Å². The lowest BCUT2D eigenvalue weighted by molar-refractivity contribution is -0.122. The van der Waals surface area contributed by atoms with Crippen LogP contribution in [0.3, 0.4) is 0 Å². The van der Waals surface area contributed by atoms with Crippen LogP contribution in [0.4, 0.5) is 0 Å². The number of carbonyl (C=O) groups is 2. The Balaban J connectivity index is 0. The summed E-state index contributed by atoms with van der Waals surface area (Å²) in [6.07, 6.45) is 3.45. The third-order valence-electron chi connectivity index (χ3n) is 2.19. The quantitative estimate of drug-likeness (QED) is 0.540. The molecule has 0 bridgehead atoms. The molecule has 0 fully saturated rings. The molecule has 1 N–H and O–H groups in total. The molecule has 0 unspecified atom stereocenters. The molecule has 102 valence electrons. The lowest BCUT2D eigenvalue weighted by Gasteiger charge is -2.04. The van der Waals surface area contributed by atoms with Gasteiger partial charge in [-0.1, -0.05) is 34.1 Å². The molecule has 0 rings (SSSR count). The van der Waals surface area contributed by atoms with Crippen molar-refractivity contribution >= 4 is 23.3 Å². The smallest absolute Gasteiger partial charge is 0.234 e. The SMILES string of the molecule is CC.CC(C)C(=O)CCCCCNC(=O)CCl. The number of hydrogen-bond acceptors (Lipinski definition) is 2. The summed E-state index contributed by atoms with van der Waals surface area (Å²) in [6.45, 7) is 8.49. The van der Waals surface area contributed by atoms with Gasteiger partial charge in [0.1, 0.15) is 11.7 Å². The van der Waals surface area contributed by atoms with Crippen molar-refractivity contribution in [3.8, 4) is 0 Å². The van der Waals surface area contributed by atoms with Crippen molar-refractivity contribution in [3.63, 3.8) is 0 Å². The zero-order valence-electron chi connectivity index (χ0n) is 11.5. The average molecular weight is 264 g/mol. The van der Waals surface area contributed by atoms with Crippen LogP contribution >= 0.6 is 11.6 Å². The first-order valence-corrected chi connectivity index (χ1v) is 6.96. The second kappa shape index (κ2) is 13.5. The molecule has 17 heavy (non-hydrogen) atoms. The van der Waals surface area contributed by atoms with Gasteiger partial charge in [-0.2, -0.15) is 0 Å². The monoisotopic (exact) mass is 263 g/mol. The summed E-state index contributed by atoms with van der Waals surface area (Å²) >= 11 is 5.31. The van der Waals surface area contributed by atoms with E-state index in [0.717, 1.165) is 19.3 Å². The summed E-state index contributed by atoms with van der Waals surface area (Å²) in [5, 5.41) is 2.69. The highest BCUT2D eigenvalue weighted by Crippen LogP contribution is 2.05. The van der Waals surface area contributed by atoms with Crippen LogP contribution in [0.1, 0.15) is 53.4 Å². The third kappa shape index (κ3) is 13.4. The molecule has 0 aromatic rings. The van der Waals surface area contributed by atoms with Crippen LogP contribution in [0.25, 0.3) is 0 Å². The highest BCUT2D eigenvalue weighted by Gasteiger charge is 2.05. The molecular weight excluding hydrogens is 238 g/mol. The minimum absolute atomic E-state index is 0.0197. The van der Waals surface area contributed by atoms with Crippen LogP contribution in [0.5, 0.6) is 0 Å². The van der Waals surface area contributed by atoms with Gasteiger partial charge < -0.3 is 5.32 Å². The van der Waals surface area contributed by atoms with Crippen LogP contribution in [-0.4, -0.2) is 24.1 Å². The van der Waals surface area contributed by atoms with Crippen molar-refractivity contribution in [1.29, 1.82) is 0 Å². The predicted molar refractivity (Wildman–Crippen MR) is 73.4 cm³/mol. The van der Waals surface area contributed by atoms with Crippen LogP contribution in [0.2, 0.25) is 0 Å². The normalized spacial score (nSPS) is 9.53. The summed E-state index contributed by atoms with van der Waals surface area (Å²) in [5.41, 5.74) is 0. The van der Waals surface area contributed by atoms with Crippen molar-refractivity contribution in [2.24, 2.45) is 5.92 Å². The molecule has 0 spiro atoms. The molecule has 1 amide bonds. The van der Waals surface area contributed by atoms with Gasteiger partial charge in [0.2, 0.25) is 5.91 Å². The van der Waals surface area contributed by atoms with E-state index in [1.165, 1.54) is 0 Å². The van der Waals surface area contributed by atoms with Gasteiger partial charge in [-0.3, -0.25) is 9.59 Å². The van der Waals surface area contributed by atoms with E-state index in [2.05, 4.69) is 5.32 Å². The summed E-state index contributed by atoms with van der Waals surface area (Å²) in [7, 11) is 0. The van der Waals surface area contributed by atoms with Crippen molar-refractivity contribution in [2.45, 2.75) is 53.4 Å². The molecule has 3 nitrogen and oxygen atoms in total. The van der Waals surface area contributed by atoms with Gasteiger partial charge in [0.05, 0.1) is 0 Å². The molecule has 0 saturated heterocycles. The maximum atomic E-state index is 11.2. The van der Waals surface area contributed by atoms with Crippen LogP contribution in [0.15, 0.2) is 0 Å². The maximum absolute atomic E-state index is 11.2. The number of ketones is 1. The third-order valence-corrected chi connectivity index (χ3v) is 2.43. The van der Waals surface area contributed by atoms with Gasteiger partial charge in [-0.15, -0.1) is 11.6 Å². The van der Waals surface area contributed by atoms with Crippen molar-refractivity contribution in [3.05, 3.63) is 0 Å². The molecule has 0 aliphatic rings. The van der Waals surface area contributed by atoms with E-state index >= 15 is 0 Å². The van der Waals surface area contributed by atoms with E-state index in [4.69, 9.17) is 11.6 Å². The minimum atomic E-state index is -0.130. The molecule has 0 aromatic heterocycles. The Morgan fingerprint density at radius 1 is 1.12 bits per heavy atom. The summed E-state index contributed by atoms with van der Waals surface area (Å²) in [4.78, 5) is 22.0. The van der Waals surface area contributed by atoms with Crippen LogP contribution in [0, 0.1) is 5.92 Å². The zero-order valence-corrected chi connectivity index (χ0v) is 12.3. The number of halogens is 1. The maximum Gasteiger partial charge on any atom is 0.234 e. The number of amides is 1. The summed E-state index contributed by atoms with van der Waals surface area (Å²) in [6, 6.07) is 0. The number of rotatable bonds is 8. The predicted octanol–water partition coefficient (Wildman–Crippen LogP) is 3.15. The van der Waals surface area contributed by atoms with Crippen LogP contribution < -0.4 is 5.32 Å². The molecule has 0 aliphatic carbocycles. The standard InChI is InChI=1S/C11H20ClNO2.C2H6/c1-9(2)10(14)6-4-3-5-7-13-11(15)8-12;1-2/h9H,3-8H2,1-2H3,(H,13,15);1-2H3. The molecular formula is C13H26ClNO2. The Kier molecular flexibility index (Phi) is 14.9. The number of Topliss-reactive ketones (excluding diaryl/α,β-unsaturated/α-hetero) is 1. The second-order valence-corrected chi connectivity index (χ2v) is 4.18. The van der Waals surface area contributed by atoms with Gasteiger partial charge in [0.25, 0.3) is 0 Å². The van der Waals surface area contributed by atoms with E-state index in [9.17, 15) is 9.59 Å². The molecule has 0 radical (unpaired) electrons. The van der Waals surface area contributed by atoms with Crippen molar-refractivity contribution < 1.29 is 9.59 Å². The molecule has 0 atom stereocenters. The number of nitrogens with one attached hydrogen (secondary N) is 1. The Morgan fingerprint density at radius 2 is 1.71 bits per heavy atom. The number of hydrogen-bond donors (Lipinski definition) is 1. The van der Waals surface area contributed by atoms with Gasteiger partial charge in [-0.25, -0.2) is 0 Å². The van der Waals surface area contributed by atoms with Crippen LogP contribution in [-0.2, 0) is 9.59 Å². The van der Waals surface area contributed by atoms with Gasteiger partial charge in [0.15, 0.2) is 0 Å². The van der Waals surface area contributed by atoms with Gasteiger partial charge >= 0.3 is 0 Å². The molecule has 4 heteroatoms. The Morgan fingerprint density at radius 3 is 2.18 bits per heavy atom. The first-order valence-electron chi connectivity index (χ1n) is 6.43. The molecule has 0 heterocycles. The largest absolute Gasteiger partial charge is 0.355 e. The van der Waals surface area contributed by atoms with E-state index in [1.807, 2.05) is 27.7 Å². The second-order valence-electron chi connectivity index (χ2n) is 3.92. The number of alkyl halides is 1. The first kappa shape index (κ1) is 18.8. The number of unbranched alkanes of at least 4 members (excludes halogenated alkanes) is 2. The average Bonchev–Trinajstić information content (AvgIpc) is 2.35. The van der Waals surface area contributed by atoms with E-state index < -0.39 is 0 Å². The zero-order chi connectivity index (χ0) is 13.7. The Labute approximate surface area is 110 Å². The Bertz CT molecular complexity index is 206. The van der Waals surface area contributed by atoms with Crippen molar-refractivity contribution in [1.82, 2.24) is 5.32 Å². The number of carbonyl (C=O) groups excluding carboxylic acids is 2. The highest BCUT2D eigenvalue weighted by atomic mass is 35.5. The molecule has 0 saturated carbocycles. The van der Waals surface area contributed by atoms with Gasteiger partial charge in [-0.05, 0) is 12.8 Å². The lowest BCUT2D eigenvalue weighted by atomic mass is 10.0. The fourth-order valence-corrected chi connectivity index (χ4v) is 1.26. The molecule has 0 aliphatic heterocycles. The Hall–Kier alpha value is -0.570. The first-order chi connectivity index (χ1) is 8.07. The fourth-order valence-electron chi connectivity index (χ4n) is 1.16. The van der Waals surface area contributed by atoms with Gasteiger partial charge in [0, 0.05) is 18.9 Å². The topological polar surface area (TPSA) is 46.2 Å². The summed E-state index contributed by atoms with van der Waals surface area (Å²) < 4.78 is 0. The lowest BCUT2D eigenvalue weighted by Crippen LogP contribution is -2.25. The summed E-state index contributed by atoms with van der Waals surface area (Å²) in [5.74, 6) is 0.349. The van der Waals surface area contributed by atoms with E-state index in [0.29, 0.717) is 18.7 Å². The van der Waals surface area contributed by atoms with Crippen molar-refractivity contribution in [2.75, 3.05) is 12.4 Å². The fraction of sp³-hybridized carbons (Fsp3) is 0.846. The highest BCUT2D eigenvalue weighted by molar-refractivity contribution is 6.27. The molecule has 0 aromatic carbocycles.